The van der Waals surface area contributed by atoms with E-state index in [-0.39, 0.29) is 18.3 Å². The molecule has 0 saturated heterocycles. The molecule has 1 N–H and O–H groups in total. The Balaban J connectivity index is 1.71. The van der Waals surface area contributed by atoms with Crippen LogP contribution in [0.5, 0.6) is 0 Å². The zero-order valence-corrected chi connectivity index (χ0v) is 17.1. The van der Waals surface area contributed by atoms with Crippen LogP contribution in [0.4, 0.5) is 5.69 Å². The molecule has 1 aromatic carbocycles. The van der Waals surface area contributed by atoms with Crippen LogP contribution in [0.15, 0.2) is 28.8 Å². The molecule has 0 atom stereocenters. The van der Waals surface area contributed by atoms with E-state index in [4.69, 9.17) is 9.26 Å². The van der Waals surface area contributed by atoms with Gasteiger partial charge in [0, 0.05) is 36.7 Å². The number of nitrogens with zero attached hydrogens (tertiary/aromatic N) is 2. The summed E-state index contributed by atoms with van der Waals surface area (Å²) in [6.45, 7) is 3.29. The Kier molecular flexibility index (Phi) is 7.62. The molecule has 0 aliphatic carbocycles. The molecule has 2 aromatic rings. The normalized spacial score (nSPS) is 10.4. The minimum atomic E-state index is -0.473. The molecule has 2 rings (SSSR count). The molecule has 1 aromatic heterocycles. The standard InChI is InChI=1S/C19H23N3O5S/c1-12-16(13(2)27-21-12)10-28-11-18(24)26-9-17(23)20-15-7-5-14(6-8-15)19(25)22(3)4/h5-8H,9-11H2,1-4H3,(H,20,23). The Labute approximate surface area is 167 Å². The van der Waals surface area contributed by atoms with Crippen molar-refractivity contribution in [1.82, 2.24) is 10.1 Å². The molecule has 0 bridgehead atoms. The van der Waals surface area contributed by atoms with Gasteiger partial charge < -0.3 is 19.5 Å². The van der Waals surface area contributed by atoms with Crippen molar-refractivity contribution in [3.63, 3.8) is 0 Å². The van der Waals surface area contributed by atoms with Crippen molar-refractivity contribution in [3.8, 4) is 0 Å². The van der Waals surface area contributed by atoms with Gasteiger partial charge >= 0.3 is 5.97 Å². The third-order valence-corrected chi connectivity index (χ3v) is 4.77. The second-order valence-corrected chi connectivity index (χ2v) is 7.27. The largest absolute Gasteiger partial charge is 0.455 e. The van der Waals surface area contributed by atoms with Gasteiger partial charge in [-0.1, -0.05) is 5.16 Å². The highest BCUT2D eigenvalue weighted by Crippen LogP contribution is 2.19. The average Bonchev–Trinajstić information content (AvgIpc) is 2.98. The molecule has 0 spiro atoms. The van der Waals surface area contributed by atoms with E-state index in [0.29, 0.717) is 17.0 Å². The van der Waals surface area contributed by atoms with Crippen molar-refractivity contribution >= 4 is 35.2 Å². The lowest BCUT2D eigenvalue weighted by Gasteiger charge is -2.11. The summed E-state index contributed by atoms with van der Waals surface area (Å²) < 4.78 is 10.0. The maximum absolute atomic E-state index is 11.9. The first kappa shape index (κ1) is 21.5. The molecule has 0 unspecified atom stereocenters. The van der Waals surface area contributed by atoms with Gasteiger partial charge in [-0.15, -0.1) is 11.8 Å². The second-order valence-electron chi connectivity index (χ2n) is 6.28. The fraction of sp³-hybridized carbons (Fsp3) is 0.368. The number of aryl methyl sites for hydroxylation is 2. The van der Waals surface area contributed by atoms with Crippen LogP contribution in [0.1, 0.15) is 27.4 Å². The number of rotatable bonds is 8. The van der Waals surface area contributed by atoms with E-state index in [1.807, 2.05) is 13.8 Å². The lowest BCUT2D eigenvalue weighted by molar-refractivity contribution is -0.144. The molecule has 150 valence electrons. The Morgan fingerprint density at radius 2 is 1.86 bits per heavy atom. The predicted molar refractivity (Wildman–Crippen MR) is 106 cm³/mol. The molecule has 0 saturated carbocycles. The topological polar surface area (TPSA) is 102 Å². The van der Waals surface area contributed by atoms with Crippen LogP contribution in [-0.2, 0) is 20.1 Å². The van der Waals surface area contributed by atoms with Crippen LogP contribution in [0.2, 0.25) is 0 Å². The van der Waals surface area contributed by atoms with Crippen LogP contribution in [-0.4, -0.2) is 54.3 Å². The van der Waals surface area contributed by atoms with E-state index in [1.165, 1.54) is 16.7 Å². The number of amides is 2. The summed E-state index contributed by atoms with van der Waals surface area (Å²) in [5, 5.41) is 6.48. The van der Waals surface area contributed by atoms with E-state index < -0.39 is 11.9 Å². The molecular weight excluding hydrogens is 382 g/mol. The number of hydrogen-bond acceptors (Lipinski definition) is 7. The Morgan fingerprint density at radius 3 is 2.43 bits per heavy atom. The number of benzene rings is 1. The predicted octanol–water partition coefficient (Wildman–Crippen LogP) is 2.41. The van der Waals surface area contributed by atoms with Crippen molar-refractivity contribution in [3.05, 3.63) is 46.8 Å². The summed E-state index contributed by atoms with van der Waals surface area (Å²) in [6.07, 6.45) is 0. The summed E-state index contributed by atoms with van der Waals surface area (Å²) >= 11 is 1.37. The average molecular weight is 405 g/mol. The SMILES string of the molecule is Cc1noc(C)c1CSCC(=O)OCC(=O)Nc1ccc(C(=O)N(C)C)cc1. The zero-order chi connectivity index (χ0) is 20.7. The molecule has 0 aliphatic rings. The Hall–Kier alpha value is -2.81. The molecule has 0 radical (unpaired) electrons. The van der Waals surface area contributed by atoms with Gasteiger partial charge in [-0.3, -0.25) is 14.4 Å². The van der Waals surface area contributed by atoms with Gasteiger partial charge in [-0.2, -0.15) is 0 Å². The summed E-state index contributed by atoms with van der Waals surface area (Å²) in [5.74, 6) is 0.394. The Bertz CT molecular complexity index is 826. The van der Waals surface area contributed by atoms with Crippen molar-refractivity contribution in [2.24, 2.45) is 0 Å². The van der Waals surface area contributed by atoms with Crippen LogP contribution >= 0.6 is 11.8 Å². The fourth-order valence-corrected chi connectivity index (χ4v) is 3.25. The number of carbonyl (C=O) groups is 3. The molecule has 0 aliphatic heterocycles. The van der Waals surface area contributed by atoms with E-state index in [2.05, 4.69) is 10.5 Å². The summed E-state index contributed by atoms with van der Waals surface area (Å²) in [4.78, 5) is 37.0. The highest BCUT2D eigenvalue weighted by molar-refractivity contribution is 7.99. The van der Waals surface area contributed by atoms with Crippen molar-refractivity contribution in [1.29, 1.82) is 0 Å². The molecular formula is C19H23N3O5S. The number of esters is 1. The van der Waals surface area contributed by atoms with E-state index >= 15 is 0 Å². The molecule has 9 heteroatoms. The second kappa shape index (κ2) is 9.93. The minimum Gasteiger partial charge on any atom is -0.455 e. The first-order chi connectivity index (χ1) is 13.3. The maximum Gasteiger partial charge on any atom is 0.316 e. The molecule has 0 fully saturated rings. The molecule has 28 heavy (non-hydrogen) atoms. The number of aromatic nitrogens is 1. The van der Waals surface area contributed by atoms with Gasteiger partial charge in [0.1, 0.15) is 5.76 Å². The van der Waals surface area contributed by atoms with Crippen molar-refractivity contribution < 1.29 is 23.6 Å². The molecule has 8 nitrogen and oxygen atoms in total. The number of carbonyl (C=O) groups excluding carboxylic acids is 3. The lowest BCUT2D eigenvalue weighted by Crippen LogP contribution is -2.22. The van der Waals surface area contributed by atoms with Gasteiger partial charge in [-0.05, 0) is 38.1 Å². The van der Waals surface area contributed by atoms with Crippen LogP contribution in [0, 0.1) is 13.8 Å². The highest BCUT2D eigenvalue weighted by atomic mass is 32.2. The van der Waals surface area contributed by atoms with Crippen LogP contribution in [0.25, 0.3) is 0 Å². The third kappa shape index (κ3) is 6.12. The first-order valence-corrected chi connectivity index (χ1v) is 9.70. The first-order valence-electron chi connectivity index (χ1n) is 8.54. The Morgan fingerprint density at radius 1 is 1.18 bits per heavy atom. The van der Waals surface area contributed by atoms with Crippen LogP contribution < -0.4 is 5.32 Å². The van der Waals surface area contributed by atoms with Gasteiger partial charge in [0.2, 0.25) is 0 Å². The monoisotopic (exact) mass is 405 g/mol. The number of nitrogens with one attached hydrogen (secondary N) is 1. The van der Waals surface area contributed by atoms with Gasteiger partial charge in [0.05, 0.1) is 11.4 Å². The van der Waals surface area contributed by atoms with Crippen LogP contribution in [0.3, 0.4) is 0 Å². The number of thioether (sulfide) groups is 1. The van der Waals surface area contributed by atoms with Crippen molar-refractivity contribution in [2.45, 2.75) is 19.6 Å². The third-order valence-electron chi connectivity index (χ3n) is 3.83. The minimum absolute atomic E-state index is 0.124. The van der Waals surface area contributed by atoms with Crippen molar-refractivity contribution in [2.75, 3.05) is 31.8 Å². The zero-order valence-electron chi connectivity index (χ0n) is 16.3. The van der Waals surface area contributed by atoms with Gasteiger partial charge in [0.15, 0.2) is 6.61 Å². The van der Waals surface area contributed by atoms with E-state index in [9.17, 15) is 14.4 Å². The van der Waals surface area contributed by atoms with E-state index in [0.717, 1.165) is 17.0 Å². The maximum atomic E-state index is 11.9. The van der Waals surface area contributed by atoms with Gasteiger partial charge in [0.25, 0.3) is 11.8 Å². The van der Waals surface area contributed by atoms with E-state index in [1.54, 1.807) is 38.4 Å². The lowest BCUT2D eigenvalue weighted by atomic mass is 10.2. The molecule has 1 heterocycles. The highest BCUT2D eigenvalue weighted by Gasteiger charge is 2.12. The smallest absolute Gasteiger partial charge is 0.316 e. The quantitative estimate of drug-likeness (QED) is 0.673. The van der Waals surface area contributed by atoms with Gasteiger partial charge in [-0.25, -0.2) is 0 Å². The summed E-state index contributed by atoms with van der Waals surface area (Å²) in [7, 11) is 3.33. The fourth-order valence-electron chi connectivity index (χ4n) is 2.28. The number of ether oxygens (including phenoxy) is 1. The molecule has 2 amide bonds. The summed E-state index contributed by atoms with van der Waals surface area (Å²) in [6, 6.07) is 6.48. The summed E-state index contributed by atoms with van der Waals surface area (Å²) in [5.41, 5.74) is 2.80. The number of anilines is 1. The number of hydrogen-bond donors (Lipinski definition) is 1.